The van der Waals surface area contributed by atoms with E-state index in [0.717, 1.165) is 5.69 Å². The van der Waals surface area contributed by atoms with E-state index < -0.39 is 0 Å². The summed E-state index contributed by atoms with van der Waals surface area (Å²) in [5.74, 6) is 0.160. The molecule has 1 aliphatic heterocycles. The van der Waals surface area contributed by atoms with Gasteiger partial charge < -0.3 is 14.5 Å². The van der Waals surface area contributed by atoms with Crippen LogP contribution in [0.1, 0.15) is 22.7 Å². The molecule has 0 saturated carbocycles. The summed E-state index contributed by atoms with van der Waals surface area (Å²) in [7, 11) is 0. The van der Waals surface area contributed by atoms with Gasteiger partial charge in [-0.15, -0.1) is 0 Å². The van der Waals surface area contributed by atoms with E-state index in [-0.39, 0.29) is 30.7 Å². The van der Waals surface area contributed by atoms with E-state index in [1.165, 1.54) is 6.26 Å². The zero-order valence-corrected chi connectivity index (χ0v) is 13.9. The first-order chi connectivity index (χ1) is 12.2. The maximum Gasteiger partial charge on any atom is 0.234 e. The lowest BCUT2D eigenvalue weighted by Crippen LogP contribution is -2.50. The summed E-state index contributed by atoms with van der Waals surface area (Å²) in [6.45, 7) is 2.22. The highest BCUT2D eigenvalue weighted by Crippen LogP contribution is 2.14. The Balaban J connectivity index is 1.52. The van der Waals surface area contributed by atoms with Crippen LogP contribution in [-0.4, -0.2) is 53.9 Å². The maximum atomic E-state index is 12.2. The van der Waals surface area contributed by atoms with Gasteiger partial charge >= 0.3 is 0 Å². The van der Waals surface area contributed by atoms with Gasteiger partial charge in [-0.2, -0.15) is 0 Å². The second-order valence-electron chi connectivity index (χ2n) is 5.90. The maximum absolute atomic E-state index is 12.2. The largest absolute Gasteiger partial charge is 0.461 e. The van der Waals surface area contributed by atoms with Gasteiger partial charge in [0.1, 0.15) is 0 Å². The highest BCUT2D eigenvalue weighted by atomic mass is 16.5. The number of nitrogens with zero attached hydrogens (tertiary/aromatic N) is 2. The number of ketones is 1. The molecule has 1 aliphatic rings. The van der Waals surface area contributed by atoms with Gasteiger partial charge in [0, 0.05) is 25.2 Å². The lowest BCUT2D eigenvalue weighted by Gasteiger charge is -2.34. The molecule has 1 fully saturated rings. The van der Waals surface area contributed by atoms with Crippen LogP contribution in [0, 0.1) is 0 Å². The zero-order valence-electron chi connectivity index (χ0n) is 13.9. The number of morpholine rings is 1. The minimum Gasteiger partial charge on any atom is -0.461 e. The molecule has 1 N–H and O–H groups in total. The van der Waals surface area contributed by atoms with Crippen LogP contribution in [0.3, 0.4) is 0 Å². The van der Waals surface area contributed by atoms with Crippen molar-refractivity contribution in [1.29, 1.82) is 0 Å². The van der Waals surface area contributed by atoms with Crippen molar-refractivity contribution >= 4 is 11.7 Å². The fourth-order valence-electron chi connectivity index (χ4n) is 2.77. The average molecular weight is 343 g/mol. The lowest BCUT2D eigenvalue weighted by molar-refractivity contribution is -0.124. The van der Waals surface area contributed by atoms with Crippen LogP contribution in [0.4, 0.5) is 0 Å². The lowest BCUT2D eigenvalue weighted by atomic mass is 10.1. The van der Waals surface area contributed by atoms with Gasteiger partial charge in [0.25, 0.3) is 0 Å². The Labute approximate surface area is 146 Å². The average Bonchev–Trinajstić information content (AvgIpc) is 3.17. The summed E-state index contributed by atoms with van der Waals surface area (Å²) in [6, 6.07) is 8.78. The Bertz CT molecular complexity index is 688. The standard InChI is InChI=1S/C18H21N3O4/c22-16(17-5-3-8-25-17)10-15-13-24-9-7-21(15)12-18(23)20-11-14-4-1-2-6-19-14/h1-6,8,15H,7,9-13H2,(H,20,23)/t15-/m1/s1. The Hall–Kier alpha value is -2.51. The molecular weight excluding hydrogens is 322 g/mol. The monoisotopic (exact) mass is 343 g/mol. The fraction of sp³-hybridized carbons (Fsp3) is 0.389. The van der Waals surface area contributed by atoms with Crippen molar-refractivity contribution < 1.29 is 18.7 Å². The normalized spacial score (nSPS) is 18.0. The molecule has 3 rings (SSSR count). The molecule has 2 aromatic rings. The molecule has 0 aliphatic carbocycles. The minimum absolute atomic E-state index is 0.0839. The van der Waals surface area contributed by atoms with Gasteiger partial charge in [0.15, 0.2) is 11.5 Å². The Kier molecular flexibility index (Phi) is 5.92. The fourth-order valence-corrected chi connectivity index (χ4v) is 2.77. The van der Waals surface area contributed by atoms with E-state index in [1.807, 2.05) is 23.1 Å². The predicted octanol–water partition coefficient (Wildman–Crippen LogP) is 1.26. The summed E-state index contributed by atoms with van der Waals surface area (Å²) in [6.07, 6.45) is 3.44. The summed E-state index contributed by atoms with van der Waals surface area (Å²) in [5.41, 5.74) is 0.808. The summed E-state index contributed by atoms with van der Waals surface area (Å²) in [5, 5.41) is 2.86. The first-order valence-electron chi connectivity index (χ1n) is 8.27. The van der Waals surface area contributed by atoms with Crippen LogP contribution < -0.4 is 5.32 Å². The van der Waals surface area contributed by atoms with E-state index in [2.05, 4.69) is 10.3 Å². The molecule has 2 aromatic heterocycles. The Morgan fingerprint density at radius 1 is 1.28 bits per heavy atom. The molecule has 0 bridgehead atoms. The van der Waals surface area contributed by atoms with Crippen molar-refractivity contribution in [3.63, 3.8) is 0 Å². The third-order valence-electron chi connectivity index (χ3n) is 4.11. The number of pyridine rings is 1. The van der Waals surface area contributed by atoms with Gasteiger partial charge in [-0.3, -0.25) is 19.5 Å². The number of amides is 1. The van der Waals surface area contributed by atoms with Gasteiger partial charge in [-0.25, -0.2) is 0 Å². The summed E-state index contributed by atoms with van der Waals surface area (Å²) in [4.78, 5) is 30.6. The predicted molar refractivity (Wildman–Crippen MR) is 89.9 cm³/mol. The molecule has 3 heterocycles. The van der Waals surface area contributed by atoms with Gasteiger partial charge in [0.05, 0.1) is 38.3 Å². The van der Waals surface area contributed by atoms with Crippen LogP contribution >= 0.6 is 0 Å². The molecule has 0 unspecified atom stereocenters. The summed E-state index contributed by atoms with van der Waals surface area (Å²) < 4.78 is 10.6. The van der Waals surface area contributed by atoms with Crippen LogP contribution in [-0.2, 0) is 16.1 Å². The van der Waals surface area contributed by atoms with E-state index in [1.54, 1.807) is 18.3 Å². The van der Waals surface area contributed by atoms with E-state index in [4.69, 9.17) is 9.15 Å². The quantitative estimate of drug-likeness (QED) is 0.762. The second kappa shape index (κ2) is 8.55. The van der Waals surface area contributed by atoms with Crippen LogP contribution in [0.15, 0.2) is 47.2 Å². The SMILES string of the molecule is O=C(CN1CCOC[C@H]1CC(=O)c1ccco1)NCc1ccccn1. The molecule has 1 amide bonds. The number of hydrogen-bond acceptors (Lipinski definition) is 6. The molecule has 7 heteroatoms. The van der Waals surface area contributed by atoms with Crippen LogP contribution in [0.25, 0.3) is 0 Å². The molecule has 0 aromatic carbocycles. The van der Waals surface area contributed by atoms with Crippen molar-refractivity contribution in [2.45, 2.75) is 19.0 Å². The number of furan rings is 1. The van der Waals surface area contributed by atoms with E-state index in [9.17, 15) is 9.59 Å². The van der Waals surface area contributed by atoms with Crippen molar-refractivity contribution in [3.8, 4) is 0 Å². The molecule has 0 radical (unpaired) electrons. The second-order valence-corrected chi connectivity index (χ2v) is 5.90. The Morgan fingerprint density at radius 3 is 2.96 bits per heavy atom. The highest BCUT2D eigenvalue weighted by molar-refractivity contribution is 5.93. The van der Waals surface area contributed by atoms with Crippen molar-refractivity contribution in [2.24, 2.45) is 0 Å². The first kappa shape index (κ1) is 17.3. The van der Waals surface area contributed by atoms with Gasteiger partial charge in [-0.05, 0) is 24.3 Å². The van der Waals surface area contributed by atoms with Gasteiger partial charge in [-0.1, -0.05) is 6.07 Å². The molecule has 7 nitrogen and oxygen atoms in total. The molecular formula is C18H21N3O4. The van der Waals surface area contributed by atoms with E-state index >= 15 is 0 Å². The Morgan fingerprint density at radius 2 is 2.20 bits per heavy atom. The van der Waals surface area contributed by atoms with Crippen LogP contribution in [0.5, 0.6) is 0 Å². The molecule has 132 valence electrons. The zero-order chi connectivity index (χ0) is 17.5. The smallest absolute Gasteiger partial charge is 0.234 e. The van der Waals surface area contributed by atoms with Crippen molar-refractivity contribution in [2.75, 3.05) is 26.3 Å². The van der Waals surface area contributed by atoms with Crippen LogP contribution in [0.2, 0.25) is 0 Å². The number of hydrogen-bond donors (Lipinski definition) is 1. The molecule has 25 heavy (non-hydrogen) atoms. The molecule has 0 spiro atoms. The minimum atomic E-state index is -0.132. The number of Topliss-reactive ketones (excluding diaryl/α,β-unsaturated/α-hetero) is 1. The summed E-state index contributed by atoms with van der Waals surface area (Å²) >= 11 is 0. The number of rotatable bonds is 7. The van der Waals surface area contributed by atoms with Crippen molar-refractivity contribution in [3.05, 3.63) is 54.2 Å². The number of carbonyl (C=O) groups excluding carboxylic acids is 2. The molecule has 1 saturated heterocycles. The molecule has 1 atom stereocenters. The van der Waals surface area contributed by atoms with Gasteiger partial charge in [0.2, 0.25) is 5.91 Å². The number of ether oxygens (including phenoxy) is 1. The number of carbonyl (C=O) groups is 2. The highest BCUT2D eigenvalue weighted by Gasteiger charge is 2.28. The third kappa shape index (κ3) is 4.98. The van der Waals surface area contributed by atoms with Crippen molar-refractivity contribution in [1.82, 2.24) is 15.2 Å². The number of aromatic nitrogens is 1. The van der Waals surface area contributed by atoms with E-state index in [0.29, 0.717) is 32.1 Å². The third-order valence-corrected chi connectivity index (χ3v) is 4.11. The first-order valence-corrected chi connectivity index (χ1v) is 8.27. The topological polar surface area (TPSA) is 84.7 Å². The number of nitrogens with one attached hydrogen (secondary N) is 1.